The zero-order valence-electron chi connectivity index (χ0n) is 11.8. The van der Waals surface area contributed by atoms with Crippen molar-refractivity contribution < 1.29 is 0 Å². The second-order valence-corrected chi connectivity index (χ2v) is 6.03. The Morgan fingerprint density at radius 1 is 1.05 bits per heavy atom. The van der Waals surface area contributed by atoms with Crippen molar-refractivity contribution in [3.63, 3.8) is 0 Å². The molecule has 3 nitrogen and oxygen atoms in total. The van der Waals surface area contributed by atoms with E-state index < -0.39 is 0 Å². The third-order valence-electron chi connectivity index (χ3n) is 3.25. The molecule has 0 spiro atoms. The molecular formula is C16H17N3S. The van der Waals surface area contributed by atoms with Gasteiger partial charge < -0.3 is 10.2 Å². The van der Waals surface area contributed by atoms with Crippen LogP contribution in [0.1, 0.15) is 5.56 Å². The minimum atomic E-state index is 1.13. The van der Waals surface area contributed by atoms with Gasteiger partial charge in [0.1, 0.15) is 0 Å². The summed E-state index contributed by atoms with van der Waals surface area (Å²) in [6.45, 7) is 0. The number of hydrogen-bond acceptors (Lipinski definition) is 4. The van der Waals surface area contributed by atoms with Crippen LogP contribution in [0.25, 0.3) is 0 Å². The molecule has 0 fully saturated rings. The van der Waals surface area contributed by atoms with Gasteiger partial charge in [0.15, 0.2) is 0 Å². The molecule has 1 heterocycles. The first-order valence-corrected chi connectivity index (χ1v) is 7.31. The zero-order valence-corrected chi connectivity index (χ0v) is 12.7. The molecule has 0 unspecified atom stereocenters. The van der Waals surface area contributed by atoms with Gasteiger partial charge in [-0.1, -0.05) is 17.8 Å². The highest BCUT2D eigenvalue weighted by molar-refractivity contribution is 7.99. The highest BCUT2D eigenvalue weighted by Crippen LogP contribution is 2.45. The summed E-state index contributed by atoms with van der Waals surface area (Å²) in [7, 11) is 5.92. The van der Waals surface area contributed by atoms with E-state index in [1.54, 1.807) is 18.8 Å². The van der Waals surface area contributed by atoms with Crippen LogP contribution in [0.5, 0.6) is 0 Å². The van der Waals surface area contributed by atoms with Gasteiger partial charge in [-0.05, 0) is 35.9 Å². The fraction of sp³-hybridized carbons (Fsp3) is 0.188. The van der Waals surface area contributed by atoms with Crippen LogP contribution in [0.3, 0.4) is 0 Å². The van der Waals surface area contributed by atoms with Gasteiger partial charge >= 0.3 is 0 Å². The first kappa shape index (κ1) is 13.1. The average Bonchev–Trinajstić information content (AvgIpc) is 2.44. The third kappa shape index (κ3) is 2.39. The quantitative estimate of drug-likeness (QED) is 0.720. The summed E-state index contributed by atoms with van der Waals surface area (Å²) in [6, 6.07) is 12.9. The topological polar surface area (TPSA) is 27.6 Å². The molecule has 20 heavy (non-hydrogen) atoms. The summed E-state index contributed by atoms with van der Waals surface area (Å²) >= 11 is 1.80. The molecule has 1 aliphatic rings. The summed E-state index contributed by atoms with van der Waals surface area (Å²) < 4.78 is 0. The van der Waals surface area contributed by atoms with Crippen molar-refractivity contribution in [1.82, 2.24) is 0 Å². The average molecular weight is 283 g/mol. The van der Waals surface area contributed by atoms with Crippen molar-refractivity contribution in [3.05, 3.63) is 42.0 Å². The second kappa shape index (κ2) is 5.21. The molecule has 2 aromatic rings. The SMILES string of the molecule is CN=Cc1ccc2c(c1)Sc1cc(N(C)C)ccc1N2. The number of anilines is 3. The molecule has 0 saturated heterocycles. The van der Waals surface area contributed by atoms with Crippen LogP contribution in [-0.2, 0) is 0 Å². The summed E-state index contributed by atoms with van der Waals surface area (Å²) in [4.78, 5) is 8.70. The largest absolute Gasteiger partial charge is 0.378 e. The van der Waals surface area contributed by atoms with E-state index in [4.69, 9.17) is 0 Å². The predicted molar refractivity (Wildman–Crippen MR) is 88.1 cm³/mol. The molecule has 1 aliphatic heterocycles. The monoisotopic (exact) mass is 283 g/mol. The maximum atomic E-state index is 4.08. The number of aliphatic imine (C=N–C) groups is 1. The molecule has 0 aliphatic carbocycles. The van der Waals surface area contributed by atoms with Crippen molar-refractivity contribution in [1.29, 1.82) is 0 Å². The minimum Gasteiger partial charge on any atom is -0.378 e. The fourth-order valence-corrected chi connectivity index (χ4v) is 3.27. The smallest absolute Gasteiger partial charge is 0.0527 e. The van der Waals surface area contributed by atoms with Gasteiger partial charge in [-0.25, -0.2) is 0 Å². The lowest BCUT2D eigenvalue weighted by atomic mass is 10.2. The molecule has 0 bridgehead atoms. The van der Waals surface area contributed by atoms with E-state index in [1.807, 2.05) is 6.21 Å². The number of benzene rings is 2. The third-order valence-corrected chi connectivity index (χ3v) is 4.37. The van der Waals surface area contributed by atoms with Crippen molar-refractivity contribution in [2.45, 2.75) is 9.79 Å². The normalized spacial score (nSPS) is 12.8. The van der Waals surface area contributed by atoms with E-state index in [-0.39, 0.29) is 0 Å². The molecule has 0 saturated carbocycles. The standard InChI is InChI=1S/C16H17N3S/c1-17-10-11-4-6-13-15(8-11)20-16-9-12(19(2)3)5-7-14(16)18-13/h4-10,18H,1-3H3. The summed E-state index contributed by atoms with van der Waals surface area (Å²) in [6.07, 6.45) is 1.88. The van der Waals surface area contributed by atoms with Gasteiger partial charge in [0.25, 0.3) is 0 Å². The van der Waals surface area contributed by atoms with E-state index in [2.05, 4.69) is 65.7 Å². The maximum Gasteiger partial charge on any atom is 0.0527 e. The van der Waals surface area contributed by atoms with Crippen LogP contribution in [0.15, 0.2) is 51.2 Å². The molecule has 2 aromatic carbocycles. The first-order chi connectivity index (χ1) is 9.67. The Morgan fingerprint density at radius 2 is 1.75 bits per heavy atom. The Bertz CT molecular complexity index is 677. The maximum absolute atomic E-state index is 4.08. The van der Waals surface area contributed by atoms with Crippen LogP contribution in [0.2, 0.25) is 0 Å². The summed E-state index contributed by atoms with van der Waals surface area (Å²) in [5.41, 5.74) is 4.68. The lowest BCUT2D eigenvalue weighted by molar-refractivity contribution is 1.12. The van der Waals surface area contributed by atoms with Crippen molar-refractivity contribution in [2.75, 3.05) is 31.4 Å². The lowest BCUT2D eigenvalue weighted by Crippen LogP contribution is -2.09. The van der Waals surface area contributed by atoms with Crippen LogP contribution in [-0.4, -0.2) is 27.4 Å². The van der Waals surface area contributed by atoms with Crippen LogP contribution >= 0.6 is 11.8 Å². The van der Waals surface area contributed by atoms with Crippen molar-refractivity contribution in [2.24, 2.45) is 4.99 Å². The van der Waals surface area contributed by atoms with E-state index >= 15 is 0 Å². The summed E-state index contributed by atoms with van der Waals surface area (Å²) in [5, 5.41) is 3.49. The second-order valence-electron chi connectivity index (χ2n) is 4.94. The number of rotatable bonds is 2. The Kier molecular flexibility index (Phi) is 3.40. The van der Waals surface area contributed by atoms with Crippen LogP contribution in [0, 0.1) is 0 Å². The van der Waals surface area contributed by atoms with Crippen LogP contribution in [0.4, 0.5) is 17.1 Å². The Morgan fingerprint density at radius 3 is 2.45 bits per heavy atom. The van der Waals surface area contributed by atoms with Gasteiger partial charge in [-0.2, -0.15) is 0 Å². The molecular weight excluding hydrogens is 266 g/mol. The van der Waals surface area contributed by atoms with Gasteiger partial charge in [0.05, 0.1) is 11.4 Å². The van der Waals surface area contributed by atoms with Crippen molar-refractivity contribution >= 4 is 35.0 Å². The van der Waals surface area contributed by atoms with E-state index in [9.17, 15) is 0 Å². The Labute approximate surface area is 123 Å². The lowest BCUT2D eigenvalue weighted by Gasteiger charge is -2.23. The zero-order chi connectivity index (χ0) is 14.1. The highest BCUT2D eigenvalue weighted by Gasteiger charge is 2.16. The van der Waals surface area contributed by atoms with Crippen molar-refractivity contribution in [3.8, 4) is 0 Å². The van der Waals surface area contributed by atoms with E-state index in [0.717, 1.165) is 11.3 Å². The number of nitrogens with one attached hydrogen (secondary N) is 1. The summed E-state index contributed by atoms with van der Waals surface area (Å²) in [5.74, 6) is 0. The minimum absolute atomic E-state index is 1.13. The molecule has 0 atom stereocenters. The highest BCUT2D eigenvalue weighted by atomic mass is 32.2. The van der Waals surface area contributed by atoms with E-state index in [1.165, 1.54) is 21.2 Å². The number of nitrogens with zero attached hydrogens (tertiary/aromatic N) is 2. The molecule has 102 valence electrons. The number of fused-ring (bicyclic) bond motifs is 2. The van der Waals surface area contributed by atoms with Gasteiger partial charge in [-0.15, -0.1) is 0 Å². The molecule has 4 heteroatoms. The van der Waals surface area contributed by atoms with Gasteiger partial charge in [0.2, 0.25) is 0 Å². The predicted octanol–water partition coefficient (Wildman–Crippen LogP) is 4.01. The molecule has 0 amide bonds. The van der Waals surface area contributed by atoms with Gasteiger partial charge in [0, 0.05) is 42.8 Å². The fourth-order valence-electron chi connectivity index (χ4n) is 2.20. The molecule has 0 radical (unpaired) electrons. The molecule has 3 rings (SSSR count). The molecule has 1 N–H and O–H groups in total. The Balaban J connectivity index is 1.99. The molecule has 0 aromatic heterocycles. The van der Waals surface area contributed by atoms with Crippen LogP contribution < -0.4 is 10.2 Å². The van der Waals surface area contributed by atoms with E-state index in [0.29, 0.717) is 0 Å². The number of hydrogen-bond donors (Lipinski definition) is 1. The first-order valence-electron chi connectivity index (χ1n) is 6.50. The Hall–Kier alpha value is -1.94. The van der Waals surface area contributed by atoms with Gasteiger partial charge in [-0.3, -0.25) is 4.99 Å².